The fraction of sp³-hybridized carbons (Fsp3) is 0. The van der Waals surface area contributed by atoms with Crippen LogP contribution in [-0.2, 0) is 0 Å². The number of rotatable bonds is 8. The van der Waals surface area contributed by atoms with E-state index in [-0.39, 0.29) is 0 Å². The molecule has 29 rings (SSSR count). The van der Waals surface area contributed by atoms with Gasteiger partial charge in [-0.15, -0.1) is 45.3 Å². The molecule has 136 heavy (non-hydrogen) atoms. The predicted molar refractivity (Wildman–Crippen MR) is 598 cm³/mol. The Morgan fingerprint density at radius 1 is 0.0956 bits per heavy atom. The van der Waals surface area contributed by atoms with Gasteiger partial charge in [0, 0.05) is 91.8 Å². The molecule has 4 heterocycles. The molecule has 0 saturated carbocycles. The summed E-state index contributed by atoms with van der Waals surface area (Å²) in [5, 5.41) is 34.1. The number of benzene rings is 25. The summed E-state index contributed by atoms with van der Waals surface area (Å²) < 4.78 is 10.8. The van der Waals surface area contributed by atoms with Gasteiger partial charge in [-0.2, -0.15) is 0 Å². The highest BCUT2D eigenvalue weighted by atomic mass is 32.1. The molecule has 0 unspecified atom stereocenters. The maximum Gasteiger partial charge on any atom is 0.0434 e. The molecule has 0 bridgehead atoms. The molecule has 0 spiro atoms. The molecule has 634 valence electrons. The monoisotopic (exact) mass is 1790 g/mol. The van der Waals surface area contributed by atoms with Crippen LogP contribution < -0.4 is 0 Å². The first-order valence-corrected chi connectivity index (χ1v) is 49.8. The summed E-state index contributed by atoms with van der Waals surface area (Å²) in [5.74, 6) is 0. The Bertz CT molecular complexity index is 9840. The second kappa shape index (κ2) is 34.1. The van der Waals surface area contributed by atoms with E-state index >= 15 is 0 Å². The smallest absolute Gasteiger partial charge is 0.0434 e. The molecule has 0 aliphatic carbocycles. The Morgan fingerprint density at radius 3 is 0.669 bits per heavy atom. The van der Waals surface area contributed by atoms with E-state index in [0.29, 0.717) is 0 Å². The summed E-state index contributed by atoms with van der Waals surface area (Å²) in [6.45, 7) is 0. The zero-order valence-electron chi connectivity index (χ0n) is 74.0. The molecule has 0 saturated heterocycles. The maximum absolute atomic E-state index is 2.37. The van der Waals surface area contributed by atoms with Crippen molar-refractivity contribution < 1.29 is 0 Å². The van der Waals surface area contributed by atoms with E-state index in [4.69, 9.17) is 0 Å². The minimum absolute atomic E-state index is 1.25. The van der Waals surface area contributed by atoms with E-state index < -0.39 is 0 Å². The van der Waals surface area contributed by atoms with Gasteiger partial charge in [-0.25, -0.2) is 0 Å². The minimum Gasteiger partial charge on any atom is -0.135 e. The summed E-state index contributed by atoms with van der Waals surface area (Å²) in [4.78, 5) is 0. The van der Waals surface area contributed by atoms with Crippen LogP contribution >= 0.6 is 45.3 Å². The van der Waals surface area contributed by atoms with Gasteiger partial charge in [0.05, 0.1) is 0 Å². The third-order valence-electron chi connectivity index (χ3n) is 27.7. The third-order valence-corrected chi connectivity index (χ3v) is 32.6. The lowest BCUT2D eigenvalue weighted by Gasteiger charge is -2.15. The zero-order valence-corrected chi connectivity index (χ0v) is 77.2. The molecule has 4 aromatic heterocycles. The van der Waals surface area contributed by atoms with Crippen molar-refractivity contribution in [1.82, 2.24) is 0 Å². The molecule has 0 radical (unpaired) electrons. The second-order valence-corrected chi connectivity index (χ2v) is 39.5. The maximum atomic E-state index is 2.37. The predicted octanol–water partition coefficient (Wildman–Crippen LogP) is 39.9. The average molecular weight is 1800 g/mol. The van der Waals surface area contributed by atoms with Gasteiger partial charge in [0.2, 0.25) is 0 Å². The van der Waals surface area contributed by atoms with Crippen molar-refractivity contribution in [2.24, 2.45) is 0 Å². The first-order chi connectivity index (χ1) is 67.5. The highest BCUT2D eigenvalue weighted by Crippen LogP contribution is 2.51. The van der Waals surface area contributed by atoms with E-state index in [1.165, 1.54) is 267 Å². The van der Waals surface area contributed by atoms with Crippen LogP contribution in [0, 0.1) is 0 Å². The second-order valence-electron chi connectivity index (χ2n) is 35.3. The summed E-state index contributed by atoms with van der Waals surface area (Å²) in [5.41, 5.74) is 20.6. The minimum atomic E-state index is 1.25. The van der Waals surface area contributed by atoms with E-state index in [9.17, 15) is 0 Å². The average Bonchev–Trinajstić information content (AvgIpc) is 1.52. The van der Waals surface area contributed by atoms with Crippen LogP contribution in [0.4, 0.5) is 0 Å². The molecular formula is C132H82S4. The highest BCUT2D eigenvalue weighted by Gasteiger charge is 2.22. The topological polar surface area (TPSA) is 0 Å². The van der Waals surface area contributed by atoms with E-state index in [2.05, 4.69) is 497 Å². The van der Waals surface area contributed by atoms with Gasteiger partial charge in [-0.05, 0) is 229 Å². The summed E-state index contributed by atoms with van der Waals surface area (Å²) in [6, 6.07) is 182. The van der Waals surface area contributed by atoms with Crippen molar-refractivity contribution >= 4 is 223 Å². The van der Waals surface area contributed by atoms with Crippen molar-refractivity contribution in [3.05, 3.63) is 497 Å². The van der Waals surface area contributed by atoms with Gasteiger partial charge < -0.3 is 0 Å². The molecule has 0 aliphatic heterocycles. The van der Waals surface area contributed by atoms with Gasteiger partial charge in [0.25, 0.3) is 0 Å². The molecule has 0 atom stereocenters. The summed E-state index contributed by atoms with van der Waals surface area (Å²) in [6.07, 6.45) is 0. The third kappa shape index (κ3) is 14.0. The van der Waals surface area contributed by atoms with Gasteiger partial charge in [-0.1, -0.05) is 443 Å². The first-order valence-electron chi connectivity index (χ1n) is 46.6. The largest absolute Gasteiger partial charge is 0.135 e. The Labute approximate surface area is 802 Å². The van der Waals surface area contributed by atoms with Crippen LogP contribution in [-0.4, -0.2) is 0 Å². The van der Waals surface area contributed by atoms with Crippen LogP contribution in [0.25, 0.3) is 267 Å². The molecule has 4 heteroatoms. The number of hydrogen-bond acceptors (Lipinski definition) is 4. The number of hydrogen-bond donors (Lipinski definition) is 0. The standard InChI is InChI=1S/C36H22S.3C32H20S/c1-2-11-24-23(10-1)22-34(29-13-4-3-12-25(24)29)30-18-8-15-26-27(30)16-7-17-28(26)32-19-9-20-33-31-14-5-6-21-35(31)37-36(32)33;1-2-11-22-21(10-1)20-30(25-14-5-3-12-23(22)25)26-15-6-4-13-24(26)28-17-9-18-29-27-16-7-8-19-31(27)33-32(28)29;1-2-12-24-23(9-1)20-30(27-14-4-3-13-26(24)27)22-11-7-10-21(19-22)25-16-8-17-29-28-15-5-6-18-31(28)33-32(25)29;1-2-9-24-23(8-1)20-30(27-11-4-3-10-26(24)27)22-18-16-21(17-19-22)25-13-7-14-29-28-12-5-6-15-31(28)33-32(25)29/h1-22H;3*1-20H. The van der Waals surface area contributed by atoms with Crippen LogP contribution in [0.3, 0.4) is 0 Å². The van der Waals surface area contributed by atoms with Crippen molar-refractivity contribution in [3.8, 4) is 89.0 Å². The molecule has 29 aromatic rings. The number of thiophene rings is 4. The van der Waals surface area contributed by atoms with Crippen molar-refractivity contribution in [3.63, 3.8) is 0 Å². The Morgan fingerprint density at radius 2 is 0.294 bits per heavy atom. The SMILES string of the molecule is c1cc(-c2cc3ccccc3c3ccccc23)cc(-c2cccc3c2sc2ccccc23)c1.c1ccc(-c2cccc3c2sc2ccccc23)c(-c2cc3ccccc3c3ccccc23)c1.c1ccc2c(c1)cc(-c1ccc(-c3cccc4c3sc3ccccc34)cc1)c1ccccc12.c1ccc2c(c1)cc(-c1cccc3c(-c4cccc5c4sc4ccccc45)cccc13)c1ccccc12. The lowest BCUT2D eigenvalue weighted by atomic mass is 9.89. The highest BCUT2D eigenvalue weighted by molar-refractivity contribution is 7.27. The van der Waals surface area contributed by atoms with Crippen molar-refractivity contribution in [2.45, 2.75) is 0 Å². The van der Waals surface area contributed by atoms with Crippen LogP contribution in [0.5, 0.6) is 0 Å². The van der Waals surface area contributed by atoms with Gasteiger partial charge in [0.15, 0.2) is 0 Å². The van der Waals surface area contributed by atoms with Crippen LogP contribution in [0.15, 0.2) is 497 Å². The normalized spacial score (nSPS) is 11.7. The zero-order chi connectivity index (χ0) is 89.7. The molecule has 0 nitrogen and oxygen atoms in total. The molecule has 0 amide bonds. The van der Waals surface area contributed by atoms with Crippen LogP contribution in [0.2, 0.25) is 0 Å². The van der Waals surface area contributed by atoms with Crippen molar-refractivity contribution in [2.75, 3.05) is 0 Å². The van der Waals surface area contributed by atoms with Crippen molar-refractivity contribution in [1.29, 1.82) is 0 Å². The molecular weight excluding hydrogens is 1710 g/mol. The van der Waals surface area contributed by atoms with E-state index in [0.717, 1.165) is 0 Å². The summed E-state index contributed by atoms with van der Waals surface area (Å²) in [7, 11) is 0. The first kappa shape index (κ1) is 80.6. The molecule has 0 aliphatic rings. The number of fused-ring (bicyclic) bond motifs is 25. The Kier molecular flexibility index (Phi) is 20.2. The molecule has 25 aromatic carbocycles. The van der Waals surface area contributed by atoms with E-state index in [1.807, 2.05) is 45.3 Å². The fourth-order valence-electron chi connectivity index (χ4n) is 21.4. The van der Waals surface area contributed by atoms with Gasteiger partial charge in [-0.3, -0.25) is 0 Å². The molecule has 0 fully saturated rings. The fourth-order valence-corrected chi connectivity index (χ4v) is 26.4. The Balaban J connectivity index is 0.0000000942. The Hall–Kier alpha value is -16.3. The summed E-state index contributed by atoms with van der Waals surface area (Å²) >= 11 is 7.56. The van der Waals surface area contributed by atoms with E-state index in [1.54, 1.807) is 0 Å². The van der Waals surface area contributed by atoms with Crippen LogP contribution in [0.1, 0.15) is 0 Å². The quantitative estimate of drug-likeness (QED) is 0.133. The molecule has 0 N–H and O–H groups in total. The lowest BCUT2D eigenvalue weighted by molar-refractivity contribution is 1.64. The lowest BCUT2D eigenvalue weighted by Crippen LogP contribution is -1.88. The van der Waals surface area contributed by atoms with Gasteiger partial charge >= 0.3 is 0 Å². The van der Waals surface area contributed by atoms with Gasteiger partial charge in [0.1, 0.15) is 0 Å².